The Kier molecular flexibility index (Phi) is 4.93. The Bertz CT molecular complexity index is 594. The number of nitrogens with zero attached hydrogens (tertiary/aromatic N) is 1. The fourth-order valence-corrected chi connectivity index (χ4v) is 4.24. The van der Waals surface area contributed by atoms with Crippen LogP contribution in [0.25, 0.3) is 0 Å². The maximum Gasteiger partial charge on any atom is 0.240 e. The number of halogens is 1. The molecule has 22 heavy (non-hydrogen) atoms. The molecule has 2 aliphatic heterocycles. The monoisotopic (exact) mass is 338 g/mol. The molecule has 1 saturated heterocycles. The molecule has 4 nitrogen and oxygen atoms in total. The van der Waals surface area contributed by atoms with E-state index in [1.807, 2.05) is 18.2 Å². The van der Waals surface area contributed by atoms with Crippen molar-refractivity contribution < 1.29 is 9.59 Å². The second-order valence-electron chi connectivity index (χ2n) is 5.71. The number of carbonyl (C=O) groups is 2. The van der Waals surface area contributed by atoms with Crippen molar-refractivity contribution in [2.24, 2.45) is 0 Å². The van der Waals surface area contributed by atoms with E-state index in [4.69, 9.17) is 11.6 Å². The molecule has 2 heterocycles. The lowest BCUT2D eigenvalue weighted by atomic mass is 10.0. The lowest BCUT2D eigenvalue weighted by molar-refractivity contribution is -0.138. The molecule has 1 fully saturated rings. The smallest absolute Gasteiger partial charge is 0.240 e. The van der Waals surface area contributed by atoms with Crippen LogP contribution in [0.4, 0.5) is 0 Å². The number of amides is 2. The van der Waals surface area contributed by atoms with Crippen molar-refractivity contribution >= 4 is 35.2 Å². The molecule has 0 spiro atoms. The standard InChI is InChI=1S/C16H19ClN2O2S/c17-11-4-5-14-12(9-11)13(6-8-22-14)18-15(20)10-19-7-2-1-3-16(19)21/h4-5,9,13H,1-3,6-8,10H2,(H,18,20). The van der Waals surface area contributed by atoms with Gasteiger partial charge in [-0.3, -0.25) is 9.59 Å². The zero-order valence-corrected chi connectivity index (χ0v) is 13.9. The normalized spacial score (nSPS) is 21.4. The molecule has 1 atom stereocenters. The molecule has 1 N–H and O–H groups in total. The number of hydrogen-bond donors (Lipinski definition) is 1. The van der Waals surface area contributed by atoms with Crippen LogP contribution in [0.3, 0.4) is 0 Å². The van der Waals surface area contributed by atoms with E-state index in [1.54, 1.807) is 16.7 Å². The molecule has 0 aliphatic carbocycles. The first kappa shape index (κ1) is 15.7. The number of likely N-dealkylation sites (tertiary alicyclic amines) is 1. The van der Waals surface area contributed by atoms with Gasteiger partial charge >= 0.3 is 0 Å². The Morgan fingerprint density at radius 1 is 1.41 bits per heavy atom. The predicted octanol–water partition coefficient (Wildman–Crippen LogP) is 3.01. The third-order valence-corrected chi connectivity index (χ3v) is 5.46. The summed E-state index contributed by atoms with van der Waals surface area (Å²) in [5.74, 6) is 0.976. The van der Waals surface area contributed by atoms with Gasteiger partial charge in [0.1, 0.15) is 0 Å². The number of piperidine rings is 1. The molecule has 0 bridgehead atoms. The van der Waals surface area contributed by atoms with Crippen LogP contribution in [0.2, 0.25) is 5.02 Å². The molecule has 1 aromatic rings. The largest absolute Gasteiger partial charge is 0.348 e. The summed E-state index contributed by atoms with van der Waals surface area (Å²) in [4.78, 5) is 26.9. The van der Waals surface area contributed by atoms with Gasteiger partial charge in [-0.2, -0.15) is 0 Å². The van der Waals surface area contributed by atoms with Crippen molar-refractivity contribution in [3.63, 3.8) is 0 Å². The van der Waals surface area contributed by atoms with Crippen LogP contribution in [0.5, 0.6) is 0 Å². The Morgan fingerprint density at radius 3 is 3.09 bits per heavy atom. The van der Waals surface area contributed by atoms with Gasteiger partial charge in [-0.1, -0.05) is 11.6 Å². The van der Waals surface area contributed by atoms with E-state index in [1.165, 1.54) is 4.90 Å². The zero-order chi connectivity index (χ0) is 15.5. The fraction of sp³-hybridized carbons (Fsp3) is 0.500. The van der Waals surface area contributed by atoms with Crippen LogP contribution in [0.1, 0.15) is 37.3 Å². The highest BCUT2D eigenvalue weighted by Crippen LogP contribution is 2.37. The molecular formula is C16H19ClN2O2S. The minimum atomic E-state index is -0.0851. The molecular weight excluding hydrogens is 320 g/mol. The van der Waals surface area contributed by atoms with Crippen LogP contribution in [0, 0.1) is 0 Å². The number of nitrogens with one attached hydrogen (secondary N) is 1. The van der Waals surface area contributed by atoms with E-state index in [0.717, 1.165) is 30.6 Å². The summed E-state index contributed by atoms with van der Waals surface area (Å²) >= 11 is 7.87. The summed E-state index contributed by atoms with van der Waals surface area (Å²) in [6.07, 6.45) is 3.36. The van der Waals surface area contributed by atoms with Gasteiger partial charge in [0.25, 0.3) is 0 Å². The molecule has 2 aliphatic rings. The first-order valence-corrected chi connectivity index (χ1v) is 8.99. The van der Waals surface area contributed by atoms with Gasteiger partial charge in [-0.05, 0) is 43.0 Å². The van der Waals surface area contributed by atoms with Gasteiger partial charge in [0.15, 0.2) is 0 Å². The van der Waals surface area contributed by atoms with Crippen LogP contribution < -0.4 is 5.32 Å². The fourth-order valence-electron chi connectivity index (χ4n) is 2.96. The van der Waals surface area contributed by atoms with Gasteiger partial charge in [0.2, 0.25) is 11.8 Å². The van der Waals surface area contributed by atoms with E-state index >= 15 is 0 Å². The number of carbonyl (C=O) groups excluding carboxylic acids is 2. The molecule has 2 amide bonds. The van der Waals surface area contributed by atoms with E-state index in [-0.39, 0.29) is 24.4 Å². The SMILES string of the molecule is O=C(CN1CCCCC1=O)NC1CCSc2ccc(Cl)cc21. The summed E-state index contributed by atoms with van der Waals surface area (Å²) in [6, 6.07) is 5.81. The minimum absolute atomic E-state index is 0.0117. The first-order chi connectivity index (χ1) is 10.6. The van der Waals surface area contributed by atoms with E-state index in [2.05, 4.69) is 5.32 Å². The quantitative estimate of drug-likeness (QED) is 0.921. The summed E-state index contributed by atoms with van der Waals surface area (Å²) in [6.45, 7) is 0.855. The van der Waals surface area contributed by atoms with Gasteiger partial charge < -0.3 is 10.2 Å². The highest BCUT2D eigenvalue weighted by atomic mass is 35.5. The maximum absolute atomic E-state index is 12.3. The third kappa shape index (κ3) is 3.58. The van der Waals surface area contributed by atoms with Crippen LogP contribution in [-0.4, -0.2) is 35.6 Å². The summed E-state index contributed by atoms with van der Waals surface area (Å²) in [5.41, 5.74) is 1.09. The van der Waals surface area contributed by atoms with Crippen molar-refractivity contribution in [1.29, 1.82) is 0 Å². The second kappa shape index (κ2) is 6.92. The molecule has 1 aromatic carbocycles. The lowest BCUT2D eigenvalue weighted by Crippen LogP contribution is -2.44. The van der Waals surface area contributed by atoms with Crippen molar-refractivity contribution in [1.82, 2.24) is 10.2 Å². The van der Waals surface area contributed by atoms with E-state index in [0.29, 0.717) is 18.0 Å². The Hall–Kier alpha value is -1.20. The van der Waals surface area contributed by atoms with Crippen molar-refractivity contribution in [2.45, 2.75) is 36.6 Å². The van der Waals surface area contributed by atoms with Crippen molar-refractivity contribution in [3.05, 3.63) is 28.8 Å². The predicted molar refractivity (Wildman–Crippen MR) is 88.1 cm³/mol. The number of fused-ring (bicyclic) bond motifs is 1. The van der Waals surface area contributed by atoms with Gasteiger partial charge in [-0.25, -0.2) is 0 Å². The van der Waals surface area contributed by atoms with Crippen molar-refractivity contribution in [2.75, 3.05) is 18.8 Å². The minimum Gasteiger partial charge on any atom is -0.348 e. The first-order valence-electron chi connectivity index (χ1n) is 7.63. The summed E-state index contributed by atoms with van der Waals surface area (Å²) in [7, 11) is 0. The number of rotatable bonds is 3. The van der Waals surface area contributed by atoms with Crippen LogP contribution in [0.15, 0.2) is 23.1 Å². The molecule has 1 unspecified atom stereocenters. The Balaban J connectivity index is 1.65. The number of benzene rings is 1. The molecule has 0 radical (unpaired) electrons. The van der Waals surface area contributed by atoms with Gasteiger partial charge in [0, 0.05) is 28.6 Å². The number of hydrogen-bond acceptors (Lipinski definition) is 3. The van der Waals surface area contributed by atoms with Crippen LogP contribution >= 0.6 is 23.4 Å². The van der Waals surface area contributed by atoms with Crippen molar-refractivity contribution in [3.8, 4) is 0 Å². The van der Waals surface area contributed by atoms with E-state index in [9.17, 15) is 9.59 Å². The summed E-state index contributed by atoms with van der Waals surface area (Å²) in [5, 5.41) is 3.75. The Morgan fingerprint density at radius 2 is 2.27 bits per heavy atom. The summed E-state index contributed by atoms with van der Waals surface area (Å²) < 4.78 is 0. The van der Waals surface area contributed by atoms with Gasteiger partial charge in [-0.15, -0.1) is 11.8 Å². The molecule has 6 heteroatoms. The molecule has 118 valence electrons. The highest BCUT2D eigenvalue weighted by Gasteiger charge is 2.25. The molecule has 0 saturated carbocycles. The second-order valence-corrected chi connectivity index (χ2v) is 7.28. The number of thioether (sulfide) groups is 1. The molecule has 0 aromatic heterocycles. The maximum atomic E-state index is 12.3. The molecule has 3 rings (SSSR count). The Labute approximate surface area is 139 Å². The average Bonchev–Trinajstić information content (AvgIpc) is 2.50. The highest BCUT2D eigenvalue weighted by molar-refractivity contribution is 7.99. The van der Waals surface area contributed by atoms with Gasteiger partial charge in [0.05, 0.1) is 12.6 Å². The average molecular weight is 339 g/mol. The lowest BCUT2D eigenvalue weighted by Gasteiger charge is -2.29. The topological polar surface area (TPSA) is 49.4 Å². The third-order valence-electron chi connectivity index (χ3n) is 4.10. The van der Waals surface area contributed by atoms with E-state index < -0.39 is 0 Å². The zero-order valence-electron chi connectivity index (χ0n) is 12.3. The van der Waals surface area contributed by atoms with Crippen LogP contribution in [-0.2, 0) is 9.59 Å².